The maximum atomic E-state index is 13.7. The van der Waals surface area contributed by atoms with E-state index in [4.69, 9.17) is 0 Å². The van der Waals surface area contributed by atoms with Gasteiger partial charge >= 0.3 is 0 Å². The Labute approximate surface area is 109 Å². The molecule has 18 heavy (non-hydrogen) atoms. The maximum absolute atomic E-state index is 13.7. The van der Waals surface area contributed by atoms with Gasteiger partial charge in [-0.25, -0.2) is 4.39 Å². The molecule has 0 heterocycles. The fraction of sp³-hybridized carbons (Fsp3) is 0.533. The van der Waals surface area contributed by atoms with E-state index >= 15 is 0 Å². The normalized spacial score (nSPS) is 12.6. The number of ketones is 1. The highest BCUT2D eigenvalue weighted by Crippen LogP contribution is 2.26. The van der Waals surface area contributed by atoms with Crippen LogP contribution in [0.25, 0.3) is 0 Å². The lowest BCUT2D eigenvalue weighted by molar-refractivity contribution is 0.101. The third-order valence-corrected chi connectivity index (χ3v) is 3.20. The molecule has 0 aliphatic heterocycles. The van der Waals surface area contributed by atoms with Gasteiger partial charge in [0.05, 0.1) is 11.3 Å². The molecule has 0 aliphatic rings. The number of rotatable bonds is 5. The lowest BCUT2D eigenvalue weighted by Crippen LogP contribution is -2.31. The summed E-state index contributed by atoms with van der Waals surface area (Å²) >= 11 is 0. The van der Waals surface area contributed by atoms with Crippen LogP contribution >= 0.6 is 0 Å². The highest BCUT2D eigenvalue weighted by atomic mass is 19.1. The number of hydrogen-bond donors (Lipinski definition) is 0. The lowest BCUT2D eigenvalue weighted by atomic mass is 10.0. The van der Waals surface area contributed by atoms with Crippen molar-refractivity contribution in [1.82, 2.24) is 0 Å². The van der Waals surface area contributed by atoms with Gasteiger partial charge in [-0.05, 0) is 38.3 Å². The zero-order chi connectivity index (χ0) is 13.9. The molecule has 0 spiro atoms. The predicted molar refractivity (Wildman–Crippen MR) is 73.7 cm³/mol. The SMILES string of the molecule is CC(=O)c1c(F)cccc1N(C)C(C)CC(C)C. The molecule has 1 unspecified atom stereocenters. The Bertz CT molecular complexity index is 429. The third-order valence-electron chi connectivity index (χ3n) is 3.20. The molecule has 0 amide bonds. The molecule has 1 rings (SSSR count). The standard InChI is InChI=1S/C15H22FNO/c1-10(2)9-11(3)17(5)14-8-6-7-13(16)15(14)12(4)18/h6-8,10-11H,9H2,1-5H3. The number of nitrogens with zero attached hydrogens (tertiary/aromatic N) is 1. The van der Waals surface area contributed by atoms with Crippen molar-refractivity contribution >= 4 is 11.5 Å². The van der Waals surface area contributed by atoms with Crippen LogP contribution < -0.4 is 4.90 Å². The van der Waals surface area contributed by atoms with Crippen molar-refractivity contribution < 1.29 is 9.18 Å². The molecule has 0 saturated carbocycles. The maximum Gasteiger partial charge on any atom is 0.164 e. The first kappa shape index (κ1) is 14.7. The highest BCUT2D eigenvalue weighted by Gasteiger charge is 2.19. The van der Waals surface area contributed by atoms with Crippen LogP contribution in [-0.2, 0) is 0 Å². The van der Waals surface area contributed by atoms with Gasteiger partial charge in [0.1, 0.15) is 5.82 Å². The van der Waals surface area contributed by atoms with Crippen molar-refractivity contribution in [2.45, 2.75) is 40.2 Å². The topological polar surface area (TPSA) is 20.3 Å². The molecule has 0 aromatic heterocycles. The molecule has 0 fully saturated rings. The van der Waals surface area contributed by atoms with E-state index in [2.05, 4.69) is 20.8 Å². The molecule has 3 heteroatoms. The van der Waals surface area contributed by atoms with Crippen LogP contribution in [-0.4, -0.2) is 18.9 Å². The Morgan fingerprint density at radius 3 is 2.44 bits per heavy atom. The number of anilines is 1. The van der Waals surface area contributed by atoms with Crippen molar-refractivity contribution in [3.05, 3.63) is 29.6 Å². The monoisotopic (exact) mass is 251 g/mol. The molecule has 0 N–H and O–H groups in total. The fourth-order valence-corrected chi connectivity index (χ4v) is 2.23. The number of benzene rings is 1. The van der Waals surface area contributed by atoms with Crippen molar-refractivity contribution in [3.8, 4) is 0 Å². The van der Waals surface area contributed by atoms with Crippen molar-refractivity contribution in [2.75, 3.05) is 11.9 Å². The average molecular weight is 251 g/mol. The van der Waals surface area contributed by atoms with Crippen molar-refractivity contribution in [2.24, 2.45) is 5.92 Å². The summed E-state index contributed by atoms with van der Waals surface area (Å²) in [5.41, 5.74) is 0.867. The summed E-state index contributed by atoms with van der Waals surface area (Å²) < 4.78 is 13.7. The zero-order valence-electron chi connectivity index (χ0n) is 11.8. The molecule has 0 saturated heterocycles. The Balaban J connectivity index is 3.09. The highest BCUT2D eigenvalue weighted by molar-refractivity contribution is 6.00. The first-order valence-electron chi connectivity index (χ1n) is 6.36. The Morgan fingerprint density at radius 2 is 1.94 bits per heavy atom. The number of carbonyl (C=O) groups is 1. The Hall–Kier alpha value is -1.38. The summed E-state index contributed by atoms with van der Waals surface area (Å²) in [5.74, 6) is -0.105. The first-order valence-corrected chi connectivity index (χ1v) is 6.36. The van der Waals surface area contributed by atoms with E-state index in [-0.39, 0.29) is 17.4 Å². The van der Waals surface area contributed by atoms with E-state index in [9.17, 15) is 9.18 Å². The minimum absolute atomic E-state index is 0.190. The van der Waals surface area contributed by atoms with Gasteiger partial charge in [0.25, 0.3) is 0 Å². The summed E-state index contributed by atoms with van der Waals surface area (Å²) in [7, 11) is 1.91. The van der Waals surface area contributed by atoms with Crippen LogP contribution in [0.4, 0.5) is 10.1 Å². The van der Waals surface area contributed by atoms with E-state index < -0.39 is 5.82 Å². The molecule has 1 aromatic rings. The quantitative estimate of drug-likeness (QED) is 0.740. The summed E-state index contributed by atoms with van der Waals surface area (Å²) in [6.45, 7) is 7.81. The fourth-order valence-electron chi connectivity index (χ4n) is 2.23. The molecule has 1 aromatic carbocycles. The van der Waals surface area contributed by atoms with Gasteiger partial charge in [-0.1, -0.05) is 19.9 Å². The Kier molecular flexibility index (Phi) is 4.88. The van der Waals surface area contributed by atoms with Gasteiger partial charge in [-0.15, -0.1) is 0 Å². The van der Waals surface area contributed by atoms with Crippen LogP contribution in [0, 0.1) is 11.7 Å². The van der Waals surface area contributed by atoms with Crippen LogP contribution in [0.1, 0.15) is 44.5 Å². The minimum Gasteiger partial charge on any atom is -0.371 e. The number of hydrogen-bond acceptors (Lipinski definition) is 2. The minimum atomic E-state index is -0.441. The first-order chi connectivity index (χ1) is 8.34. The molecule has 100 valence electrons. The van der Waals surface area contributed by atoms with Gasteiger partial charge in [-0.2, -0.15) is 0 Å². The molecule has 0 bridgehead atoms. The van der Waals surface area contributed by atoms with Gasteiger partial charge < -0.3 is 4.90 Å². The average Bonchev–Trinajstić information content (AvgIpc) is 2.26. The third kappa shape index (κ3) is 3.31. The number of halogens is 1. The van der Waals surface area contributed by atoms with Gasteiger partial charge in [-0.3, -0.25) is 4.79 Å². The van der Waals surface area contributed by atoms with Gasteiger partial charge in [0.2, 0.25) is 0 Å². The second kappa shape index (κ2) is 5.98. The van der Waals surface area contributed by atoms with Crippen molar-refractivity contribution in [3.63, 3.8) is 0 Å². The van der Waals surface area contributed by atoms with Gasteiger partial charge in [0, 0.05) is 13.1 Å². The van der Waals surface area contributed by atoms with Crippen LogP contribution in [0.3, 0.4) is 0 Å². The van der Waals surface area contributed by atoms with E-state index in [0.717, 1.165) is 6.42 Å². The van der Waals surface area contributed by atoms with E-state index in [1.165, 1.54) is 13.0 Å². The zero-order valence-corrected chi connectivity index (χ0v) is 11.8. The summed E-state index contributed by atoms with van der Waals surface area (Å²) in [4.78, 5) is 13.6. The molecular formula is C15H22FNO. The largest absolute Gasteiger partial charge is 0.371 e. The summed E-state index contributed by atoms with van der Waals surface area (Å²) in [6, 6.07) is 5.05. The smallest absolute Gasteiger partial charge is 0.164 e. The van der Waals surface area contributed by atoms with Crippen molar-refractivity contribution in [1.29, 1.82) is 0 Å². The van der Waals surface area contributed by atoms with E-state index in [0.29, 0.717) is 11.6 Å². The lowest BCUT2D eigenvalue weighted by Gasteiger charge is -2.29. The van der Waals surface area contributed by atoms with Crippen LogP contribution in [0.15, 0.2) is 18.2 Å². The molecule has 2 nitrogen and oxygen atoms in total. The summed E-state index contributed by atoms with van der Waals surface area (Å²) in [6.07, 6.45) is 1.00. The van der Waals surface area contributed by atoms with Gasteiger partial charge in [0.15, 0.2) is 5.78 Å². The molecule has 0 radical (unpaired) electrons. The van der Waals surface area contributed by atoms with Crippen LogP contribution in [0.5, 0.6) is 0 Å². The molecule has 1 atom stereocenters. The van der Waals surface area contributed by atoms with E-state index in [1.807, 2.05) is 11.9 Å². The number of Topliss-reactive ketones (excluding diaryl/α,β-unsaturated/α-hetero) is 1. The molecular weight excluding hydrogens is 229 g/mol. The predicted octanol–water partition coefficient (Wildman–Crippen LogP) is 3.90. The second-order valence-corrected chi connectivity index (χ2v) is 5.28. The Morgan fingerprint density at radius 1 is 1.33 bits per heavy atom. The molecule has 0 aliphatic carbocycles. The van der Waals surface area contributed by atoms with Crippen LogP contribution in [0.2, 0.25) is 0 Å². The van der Waals surface area contributed by atoms with E-state index in [1.54, 1.807) is 12.1 Å². The summed E-state index contributed by atoms with van der Waals surface area (Å²) in [5, 5.41) is 0. The second-order valence-electron chi connectivity index (χ2n) is 5.28. The number of carbonyl (C=O) groups excluding carboxylic acids is 1.